The number of Topliss-reactive ketones (excluding diaryl/α,β-unsaturated/α-hetero) is 1. The Balaban J connectivity index is 2.22. The Hall–Kier alpha value is -2.63. The van der Waals surface area contributed by atoms with Gasteiger partial charge in [0.2, 0.25) is 0 Å². The highest BCUT2D eigenvalue weighted by molar-refractivity contribution is 6.02. The zero-order valence-corrected chi connectivity index (χ0v) is 14.4. The Kier molecular flexibility index (Phi) is 5.07. The Morgan fingerprint density at radius 2 is 1.96 bits per heavy atom. The number of carbonyl (C=O) groups excluding carboxylic acids is 2. The lowest BCUT2D eigenvalue weighted by molar-refractivity contribution is 0.0934. The number of halogens is 1. The Bertz CT molecular complexity index is 796. The number of aryl methyl sites for hydroxylation is 1. The van der Waals surface area contributed by atoms with Crippen molar-refractivity contribution in [2.24, 2.45) is 0 Å². The van der Waals surface area contributed by atoms with E-state index in [1.54, 1.807) is 26.8 Å². The number of benzene rings is 1. The van der Waals surface area contributed by atoms with Crippen molar-refractivity contribution in [3.8, 4) is 5.75 Å². The molecule has 5 nitrogen and oxygen atoms in total. The van der Waals surface area contributed by atoms with Crippen molar-refractivity contribution in [1.82, 2.24) is 10.3 Å². The van der Waals surface area contributed by atoms with E-state index in [4.69, 9.17) is 4.74 Å². The number of aromatic amines is 1. The third-order valence-electron chi connectivity index (χ3n) is 4.04. The van der Waals surface area contributed by atoms with E-state index in [-0.39, 0.29) is 17.4 Å². The van der Waals surface area contributed by atoms with E-state index in [1.165, 1.54) is 26.2 Å². The van der Waals surface area contributed by atoms with E-state index in [1.807, 2.05) is 0 Å². The van der Waals surface area contributed by atoms with E-state index in [9.17, 15) is 14.0 Å². The van der Waals surface area contributed by atoms with Crippen molar-refractivity contribution in [3.05, 3.63) is 52.1 Å². The zero-order chi connectivity index (χ0) is 18.0. The second-order valence-corrected chi connectivity index (χ2v) is 5.77. The van der Waals surface area contributed by atoms with Gasteiger partial charge in [0.15, 0.2) is 17.3 Å². The van der Waals surface area contributed by atoms with Crippen molar-refractivity contribution in [1.29, 1.82) is 0 Å². The lowest BCUT2D eigenvalue weighted by Crippen LogP contribution is -2.27. The van der Waals surface area contributed by atoms with Gasteiger partial charge in [-0.05, 0) is 51.0 Å². The number of ether oxygens (including phenoxy) is 1. The number of methoxy groups -OCH3 is 1. The maximum Gasteiger partial charge on any atom is 0.268 e. The molecule has 0 saturated heterocycles. The SMILES string of the molecule is COc1ccc([C@@H](C)NC(=O)c2[nH]c(C)c(C(C)=O)c2C)cc1F. The predicted octanol–water partition coefficient (Wildman–Crippen LogP) is 3.47. The van der Waals surface area contributed by atoms with Crippen LogP contribution in [0.3, 0.4) is 0 Å². The molecule has 0 aliphatic rings. The Morgan fingerprint density at radius 3 is 2.46 bits per heavy atom. The minimum atomic E-state index is -0.484. The normalized spacial score (nSPS) is 11.9. The van der Waals surface area contributed by atoms with Crippen LogP contribution in [0.2, 0.25) is 0 Å². The summed E-state index contributed by atoms with van der Waals surface area (Å²) in [6.45, 7) is 6.71. The molecule has 1 amide bonds. The molecule has 0 bridgehead atoms. The molecule has 0 aliphatic carbocycles. The van der Waals surface area contributed by atoms with Gasteiger partial charge in [-0.3, -0.25) is 9.59 Å². The van der Waals surface area contributed by atoms with Crippen molar-refractivity contribution >= 4 is 11.7 Å². The lowest BCUT2D eigenvalue weighted by atomic mass is 10.1. The maximum atomic E-state index is 13.8. The Labute approximate surface area is 140 Å². The largest absolute Gasteiger partial charge is 0.494 e. The molecule has 0 spiro atoms. The lowest BCUT2D eigenvalue weighted by Gasteiger charge is -2.15. The van der Waals surface area contributed by atoms with Crippen LogP contribution in [-0.4, -0.2) is 23.8 Å². The minimum absolute atomic E-state index is 0.0921. The maximum absolute atomic E-state index is 13.8. The van der Waals surface area contributed by atoms with Crippen LogP contribution >= 0.6 is 0 Å². The summed E-state index contributed by atoms with van der Waals surface area (Å²) in [5.74, 6) is -0.765. The van der Waals surface area contributed by atoms with Crippen LogP contribution < -0.4 is 10.1 Å². The number of ketones is 1. The molecule has 2 aromatic rings. The average molecular weight is 332 g/mol. The average Bonchev–Trinajstić information content (AvgIpc) is 2.81. The highest BCUT2D eigenvalue weighted by Crippen LogP contribution is 2.23. The number of H-pyrrole nitrogens is 1. The Morgan fingerprint density at radius 1 is 1.29 bits per heavy atom. The molecule has 2 N–H and O–H groups in total. The van der Waals surface area contributed by atoms with Crippen LogP contribution in [0.15, 0.2) is 18.2 Å². The van der Waals surface area contributed by atoms with Crippen LogP contribution in [0, 0.1) is 19.7 Å². The summed E-state index contributed by atoms with van der Waals surface area (Å²) in [6, 6.07) is 4.14. The van der Waals surface area contributed by atoms with Gasteiger partial charge in [-0.15, -0.1) is 0 Å². The van der Waals surface area contributed by atoms with Gasteiger partial charge < -0.3 is 15.0 Å². The van der Waals surface area contributed by atoms with Crippen LogP contribution in [0.5, 0.6) is 5.75 Å². The third kappa shape index (κ3) is 3.32. The number of hydrogen-bond donors (Lipinski definition) is 2. The quantitative estimate of drug-likeness (QED) is 0.824. The van der Waals surface area contributed by atoms with E-state index in [2.05, 4.69) is 10.3 Å². The summed E-state index contributed by atoms with van der Waals surface area (Å²) >= 11 is 0. The van der Waals surface area contributed by atoms with E-state index in [0.29, 0.717) is 28.1 Å². The first kappa shape index (κ1) is 17.7. The summed E-state index contributed by atoms with van der Waals surface area (Å²) in [5, 5.41) is 2.81. The second-order valence-electron chi connectivity index (χ2n) is 5.77. The fraction of sp³-hybridized carbons (Fsp3) is 0.333. The first-order valence-electron chi connectivity index (χ1n) is 7.60. The molecule has 0 radical (unpaired) electrons. The topological polar surface area (TPSA) is 71.2 Å². The molecule has 24 heavy (non-hydrogen) atoms. The molecular weight excluding hydrogens is 311 g/mol. The molecule has 128 valence electrons. The molecule has 0 fully saturated rings. The highest BCUT2D eigenvalue weighted by Gasteiger charge is 2.21. The molecular formula is C18H21FN2O3. The summed E-state index contributed by atoms with van der Waals surface area (Å²) in [5.41, 5.74) is 2.77. The van der Waals surface area contributed by atoms with Crippen molar-refractivity contribution in [2.75, 3.05) is 7.11 Å². The van der Waals surface area contributed by atoms with Crippen molar-refractivity contribution in [2.45, 2.75) is 33.7 Å². The van der Waals surface area contributed by atoms with Gasteiger partial charge in [-0.1, -0.05) is 6.07 Å². The fourth-order valence-electron chi connectivity index (χ4n) is 2.81. The van der Waals surface area contributed by atoms with Gasteiger partial charge in [0.1, 0.15) is 5.69 Å². The number of nitrogens with one attached hydrogen (secondary N) is 2. The van der Waals surface area contributed by atoms with E-state index < -0.39 is 11.9 Å². The second kappa shape index (κ2) is 6.86. The highest BCUT2D eigenvalue weighted by atomic mass is 19.1. The molecule has 1 atom stereocenters. The molecule has 0 saturated carbocycles. The number of aromatic nitrogens is 1. The molecule has 1 aromatic carbocycles. The fourth-order valence-corrected chi connectivity index (χ4v) is 2.81. The molecule has 0 unspecified atom stereocenters. The van der Waals surface area contributed by atoms with Gasteiger partial charge in [0, 0.05) is 11.3 Å². The van der Waals surface area contributed by atoms with E-state index >= 15 is 0 Å². The monoisotopic (exact) mass is 332 g/mol. The first-order chi connectivity index (χ1) is 11.3. The standard InChI is InChI=1S/C18H21FN2O3/c1-9-16(12(4)22)11(3)20-17(9)18(23)21-10(2)13-6-7-15(24-5)14(19)8-13/h6-8,10,20H,1-5H3,(H,21,23)/t10-/m1/s1. The number of hydrogen-bond acceptors (Lipinski definition) is 3. The third-order valence-corrected chi connectivity index (χ3v) is 4.04. The minimum Gasteiger partial charge on any atom is -0.494 e. The summed E-state index contributed by atoms with van der Waals surface area (Å²) < 4.78 is 18.7. The molecule has 1 aromatic heterocycles. The van der Waals surface area contributed by atoms with Crippen LogP contribution in [0.1, 0.15) is 57.6 Å². The zero-order valence-electron chi connectivity index (χ0n) is 14.4. The summed E-state index contributed by atoms with van der Waals surface area (Å²) in [6.07, 6.45) is 0. The number of carbonyl (C=O) groups is 2. The van der Waals surface area contributed by atoms with Crippen LogP contribution in [0.25, 0.3) is 0 Å². The summed E-state index contributed by atoms with van der Waals surface area (Å²) in [7, 11) is 1.40. The molecule has 2 rings (SSSR count). The molecule has 0 aliphatic heterocycles. The van der Waals surface area contributed by atoms with Crippen molar-refractivity contribution in [3.63, 3.8) is 0 Å². The number of rotatable bonds is 5. The molecule has 1 heterocycles. The smallest absolute Gasteiger partial charge is 0.268 e. The van der Waals surface area contributed by atoms with Crippen LogP contribution in [-0.2, 0) is 0 Å². The van der Waals surface area contributed by atoms with Gasteiger partial charge >= 0.3 is 0 Å². The van der Waals surface area contributed by atoms with Crippen molar-refractivity contribution < 1.29 is 18.7 Å². The molecule has 6 heteroatoms. The summed E-state index contributed by atoms with van der Waals surface area (Å²) in [4.78, 5) is 27.1. The first-order valence-corrected chi connectivity index (χ1v) is 7.60. The van der Waals surface area contributed by atoms with Gasteiger partial charge in [0.05, 0.1) is 13.2 Å². The van der Waals surface area contributed by atoms with Gasteiger partial charge in [-0.25, -0.2) is 4.39 Å². The van der Waals surface area contributed by atoms with E-state index in [0.717, 1.165) is 0 Å². The predicted molar refractivity (Wildman–Crippen MR) is 89.1 cm³/mol. The van der Waals surface area contributed by atoms with Gasteiger partial charge in [-0.2, -0.15) is 0 Å². The van der Waals surface area contributed by atoms with Crippen LogP contribution in [0.4, 0.5) is 4.39 Å². The number of amides is 1. The van der Waals surface area contributed by atoms with Gasteiger partial charge in [0.25, 0.3) is 5.91 Å².